The molecule has 6 nitrogen and oxygen atoms in total. The van der Waals surface area contributed by atoms with Gasteiger partial charge in [0.15, 0.2) is 0 Å². The van der Waals surface area contributed by atoms with Crippen LogP contribution in [0.1, 0.15) is 34.9 Å². The highest BCUT2D eigenvalue weighted by atomic mass is 16.5. The molecule has 1 N–H and O–H groups in total. The van der Waals surface area contributed by atoms with Crippen LogP contribution in [0, 0.1) is 5.92 Å². The summed E-state index contributed by atoms with van der Waals surface area (Å²) < 4.78 is 5.47. The molecule has 1 fully saturated rings. The lowest BCUT2D eigenvalue weighted by Crippen LogP contribution is -2.36. The van der Waals surface area contributed by atoms with Crippen molar-refractivity contribution in [3.05, 3.63) is 66.2 Å². The lowest BCUT2D eigenvalue weighted by molar-refractivity contribution is 0.0513. The molecule has 1 unspecified atom stereocenters. The Kier molecular flexibility index (Phi) is 4.84. The molecule has 3 heterocycles. The number of amides is 1. The summed E-state index contributed by atoms with van der Waals surface area (Å²) in [7, 11) is 0. The van der Waals surface area contributed by atoms with Crippen molar-refractivity contribution < 1.29 is 9.53 Å². The molecule has 1 amide bonds. The second-order valence-corrected chi connectivity index (χ2v) is 6.43. The van der Waals surface area contributed by atoms with E-state index in [4.69, 9.17) is 4.74 Å². The van der Waals surface area contributed by atoms with E-state index in [0.29, 0.717) is 30.3 Å². The number of carbonyl (C=O) groups excluding carboxylic acids is 1. The first-order valence-corrected chi connectivity index (χ1v) is 8.81. The maximum Gasteiger partial charge on any atom is 0.272 e. The van der Waals surface area contributed by atoms with Crippen molar-refractivity contribution in [2.45, 2.75) is 18.9 Å². The monoisotopic (exact) mass is 348 g/mol. The van der Waals surface area contributed by atoms with Crippen LogP contribution in [0.15, 0.2) is 55.0 Å². The zero-order valence-electron chi connectivity index (χ0n) is 14.3. The zero-order chi connectivity index (χ0) is 17.8. The predicted molar refractivity (Wildman–Crippen MR) is 97.5 cm³/mol. The van der Waals surface area contributed by atoms with Gasteiger partial charge in [-0.3, -0.25) is 14.8 Å². The summed E-state index contributed by atoms with van der Waals surface area (Å²) in [6, 6.07) is 11.3. The lowest BCUT2D eigenvalue weighted by atomic mass is 9.87. The second kappa shape index (κ2) is 7.58. The van der Waals surface area contributed by atoms with Gasteiger partial charge in [-0.1, -0.05) is 18.2 Å². The average molecular weight is 348 g/mol. The Morgan fingerprint density at radius 2 is 1.88 bits per heavy atom. The van der Waals surface area contributed by atoms with Gasteiger partial charge in [-0.05, 0) is 42.5 Å². The molecule has 0 aliphatic carbocycles. The van der Waals surface area contributed by atoms with E-state index >= 15 is 0 Å². The Morgan fingerprint density at radius 1 is 1.08 bits per heavy atom. The number of nitrogens with zero attached hydrogens (tertiary/aromatic N) is 3. The van der Waals surface area contributed by atoms with E-state index < -0.39 is 0 Å². The number of benzene rings is 1. The van der Waals surface area contributed by atoms with E-state index in [1.54, 1.807) is 6.20 Å². The van der Waals surface area contributed by atoms with Crippen molar-refractivity contribution in [2.75, 3.05) is 13.2 Å². The van der Waals surface area contributed by atoms with Crippen LogP contribution in [-0.4, -0.2) is 34.1 Å². The SMILES string of the molecule is O=C(NC(c1cccnc1)C1CCOCC1)c1cnc2ccccc2n1. The van der Waals surface area contributed by atoms with Crippen LogP contribution < -0.4 is 5.32 Å². The van der Waals surface area contributed by atoms with Gasteiger partial charge in [-0.25, -0.2) is 4.98 Å². The van der Waals surface area contributed by atoms with Gasteiger partial charge < -0.3 is 10.1 Å². The lowest BCUT2D eigenvalue weighted by Gasteiger charge is -2.31. The maximum atomic E-state index is 12.8. The number of carbonyl (C=O) groups is 1. The van der Waals surface area contributed by atoms with Crippen molar-refractivity contribution in [1.29, 1.82) is 0 Å². The Bertz CT molecular complexity index is 894. The first kappa shape index (κ1) is 16.6. The summed E-state index contributed by atoms with van der Waals surface area (Å²) in [6.45, 7) is 1.43. The summed E-state index contributed by atoms with van der Waals surface area (Å²) in [5, 5.41) is 3.15. The van der Waals surface area contributed by atoms with Crippen LogP contribution in [0.4, 0.5) is 0 Å². The molecule has 1 saturated heterocycles. The first-order chi connectivity index (χ1) is 12.8. The molecule has 132 valence electrons. The number of ether oxygens (including phenoxy) is 1. The zero-order valence-corrected chi connectivity index (χ0v) is 14.3. The molecule has 0 saturated carbocycles. The highest BCUT2D eigenvalue weighted by molar-refractivity contribution is 5.94. The Labute approximate surface area is 151 Å². The van der Waals surface area contributed by atoms with Gasteiger partial charge in [0.25, 0.3) is 5.91 Å². The van der Waals surface area contributed by atoms with Crippen LogP contribution in [0.3, 0.4) is 0 Å². The molecule has 1 aromatic carbocycles. The van der Waals surface area contributed by atoms with E-state index in [2.05, 4.69) is 20.3 Å². The van der Waals surface area contributed by atoms with Crippen molar-refractivity contribution in [1.82, 2.24) is 20.3 Å². The molecule has 0 spiro atoms. The van der Waals surface area contributed by atoms with Gasteiger partial charge in [-0.15, -0.1) is 0 Å². The Morgan fingerprint density at radius 3 is 2.65 bits per heavy atom. The van der Waals surface area contributed by atoms with Gasteiger partial charge in [0.05, 0.1) is 23.3 Å². The van der Waals surface area contributed by atoms with Crippen LogP contribution in [0.25, 0.3) is 11.0 Å². The minimum Gasteiger partial charge on any atom is -0.381 e. The minimum absolute atomic E-state index is 0.117. The molecular weight excluding hydrogens is 328 g/mol. The third kappa shape index (κ3) is 3.55. The third-order valence-corrected chi connectivity index (χ3v) is 4.75. The molecule has 1 atom stereocenters. The molecule has 4 rings (SSSR count). The van der Waals surface area contributed by atoms with Gasteiger partial charge in [-0.2, -0.15) is 0 Å². The number of hydrogen-bond acceptors (Lipinski definition) is 5. The number of pyridine rings is 1. The standard InChI is InChI=1S/C20H20N4O2/c25-20(18-13-22-16-5-1-2-6-17(16)23-18)24-19(14-7-10-26-11-8-14)15-4-3-9-21-12-15/h1-6,9,12-14,19H,7-8,10-11H2,(H,24,25). The second-order valence-electron chi connectivity index (χ2n) is 6.43. The van der Waals surface area contributed by atoms with E-state index in [1.165, 1.54) is 6.20 Å². The van der Waals surface area contributed by atoms with Crippen LogP contribution in [0.5, 0.6) is 0 Å². The topological polar surface area (TPSA) is 77.0 Å². The molecule has 0 bridgehead atoms. The third-order valence-electron chi connectivity index (χ3n) is 4.75. The molecule has 0 radical (unpaired) electrons. The number of aromatic nitrogens is 3. The summed E-state index contributed by atoms with van der Waals surface area (Å²) >= 11 is 0. The molecule has 6 heteroatoms. The molecule has 3 aromatic rings. The first-order valence-electron chi connectivity index (χ1n) is 8.81. The van der Waals surface area contributed by atoms with Crippen molar-refractivity contribution in [2.24, 2.45) is 5.92 Å². The Balaban J connectivity index is 1.60. The fourth-order valence-corrected chi connectivity index (χ4v) is 3.36. The van der Waals surface area contributed by atoms with Crippen LogP contribution in [0.2, 0.25) is 0 Å². The molecule has 26 heavy (non-hydrogen) atoms. The summed E-state index contributed by atoms with van der Waals surface area (Å²) in [6.07, 6.45) is 6.89. The largest absolute Gasteiger partial charge is 0.381 e. The van der Waals surface area contributed by atoms with E-state index in [9.17, 15) is 4.79 Å². The van der Waals surface area contributed by atoms with E-state index in [1.807, 2.05) is 42.6 Å². The highest BCUT2D eigenvalue weighted by Gasteiger charge is 2.28. The van der Waals surface area contributed by atoms with E-state index in [0.717, 1.165) is 23.9 Å². The van der Waals surface area contributed by atoms with E-state index in [-0.39, 0.29) is 11.9 Å². The number of nitrogens with one attached hydrogen (secondary N) is 1. The fourth-order valence-electron chi connectivity index (χ4n) is 3.36. The summed E-state index contributed by atoms with van der Waals surface area (Å²) in [5.74, 6) is 0.0916. The molecular formula is C20H20N4O2. The van der Waals surface area contributed by atoms with Crippen LogP contribution >= 0.6 is 0 Å². The molecule has 2 aromatic heterocycles. The van der Waals surface area contributed by atoms with Gasteiger partial charge in [0, 0.05) is 25.6 Å². The molecule has 1 aliphatic rings. The Hall–Kier alpha value is -2.86. The summed E-state index contributed by atoms with van der Waals surface area (Å²) in [5.41, 5.74) is 2.81. The van der Waals surface area contributed by atoms with Crippen molar-refractivity contribution >= 4 is 16.9 Å². The number of fused-ring (bicyclic) bond motifs is 1. The average Bonchev–Trinajstić information content (AvgIpc) is 2.72. The van der Waals surface area contributed by atoms with Gasteiger partial charge in [0.1, 0.15) is 5.69 Å². The number of para-hydroxylation sites is 2. The van der Waals surface area contributed by atoms with Gasteiger partial charge >= 0.3 is 0 Å². The number of hydrogen-bond donors (Lipinski definition) is 1. The maximum absolute atomic E-state index is 12.8. The van der Waals surface area contributed by atoms with Crippen LogP contribution in [-0.2, 0) is 4.74 Å². The smallest absolute Gasteiger partial charge is 0.272 e. The minimum atomic E-state index is -0.219. The summed E-state index contributed by atoms with van der Waals surface area (Å²) in [4.78, 5) is 25.9. The normalized spacial score (nSPS) is 16.3. The van der Waals surface area contributed by atoms with Gasteiger partial charge in [0.2, 0.25) is 0 Å². The number of rotatable bonds is 4. The predicted octanol–water partition coefficient (Wildman–Crippen LogP) is 2.92. The molecule has 1 aliphatic heterocycles. The fraction of sp³-hybridized carbons (Fsp3) is 0.300. The van der Waals surface area contributed by atoms with Crippen molar-refractivity contribution in [3.63, 3.8) is 0 Å². The highest BCUT2D eigenvalue weighted by Crippen LogP contribution is 2.30. The quantitative estimate of drug-likeness (QED) is 0.784. The van der Waals surface area contributed by atoms with Crippen molar-refractivity contribution in [3.8, 4) is 0 Å².